The number of ketones is 3. The Balaban J connectivity index is 0.000000375. The summed E-state index contributed by atoms with van der Waals surface area (Å²) >= 11 is 0. The average molecular weight is 680 g/mol. The van der Waals surface area contributed by atoms with Gasteiger partial charge >= 0.3 is 0 Å². The lowest BCUT2D eigenvalue weighted by molar-refractivity contribution is -0.122. The van der Waals surface area contributed by atoms with Crippen LogP contribution in [-0.4, -0.2) is 53.7 Å². The summed E-state index contributed by atoms with van der Waals surface area (Å²) in [6.07, 6.45) is 5.83. The Hall–Kier alpha value is -5.19. The first kappa shape index (κ1) is 42.8. The first-order valence-corrected chi connectivity index (χ1v) is 16.6. The minimum Gasteiger partial charge on any atom is -0.299 e. The van der Waals surface area contributed by atoms with Crippen LogP contribution in [0.25, 0.3) is 0 Å². The molecule has 9 heteroatoms. The lowest BCUT2D eigenvalue weighted by Gasteiger charge is -2.24. The molecule has 3 aromatic carbocycles. The molecule has 0 fully saturated rings. The third kappa shape index (κ3) is 17.3. The molecule has 0 unspecified atom stereocenters. The number of benzene rings is 3. The van der Waals surface area contributed by atoms with Crippen molar-refractivity contribution in [3.05, 3.63) is 108 Å². The molecule has 0 spiro atoms. The normalized spacial score (nSPS) is 12.2. The van der Waals surface area contributed by atoms with Crippen molar-refractivity contribution in [3.8, 4) is 0 Å². The van der Waals surface area contributed by atoms with Gasteiger partial charge in [-0.1, -0.05) is 139 Å². The lowest BCUT2D eigenvalue weighted by Crippen LogP contribution is -2.33. The first-order valence-electron chi connectivity index (χ1n) is 16.6. The van der Waals surface area contributed by atoms with Crippen molar-refractivity contribution in [3.63, 3.8) is 0 Å². The highest BCUT2D eigenvalue weighted by Crippen LogP contribution is 2.24. The summed E-state index contributed by atoms with van der Waals surface area (Å²) in [4.78, 5) is 77.5. The van der Waals surface area contributed by atoms with Crippen LogP contribution in [0, 0.1) is 17.3 Å². The van der Waals surface area contributed by atoms with Gasteiger partial charge in [-0.05, 0) is 33.9 Å². The molecule has 264 valence electrons. The van der Waals surface area contributed by atoms with Gasteiger partial charge in [0, 0.05) is 25.7 Å². The smallest absolute Gasteiger partial charge is 0.235 e. The number of hydrogen-bond acceptors (Lipinski definition) is 9. The summed E-state index contributed by atoms with van der Waals surface area (Å²) < 4.78 is 0. The van der Waals surface area contributed by atoms with Crippen molar-refractivity contribution in [2.45, 2.75) is 92.3 Å². The monoisotopic (exact) mass is 679 g/mol. The SMILES string of the molecule is CC(C)(C)[C@H](N=C=O)C(=O)Cc1ccccc1.CC(C)[C@@H](CC(=O)Cc1ccccc1)N=C=O.CC(C)[C@H](N=C=O)C(=O)Cc1ccccc1. The standard InChI is InChI=1S/2C14H17NO2.C13H15NO2/c1-14(2,3)13(15-10-16)12(17)9-11-7-5-4-6-8-11;1-11(2)14(15-10-16)9-13(17)8-12-6-4-3-5-7-12;1-10(2)13(14-9-15)12(16)8-11-6-4-3-5-7-11/h4-8,13H,9H2,1-3H3;3-7,11,14H,8-9H2,1-2H3;3-7,10,13H,8H2,1-2H3/t13-;14-;13-/m110/s1. The molecule has 0 aliphatic rings. The summed E-state index contributed by atoms with van der Waals surface area (Å²) in [5.41, 5.74) is 2.52. The van der Waals surface area contributed by atoms with E-state index in [1.54, 1.807) is 6.08 Å². The largest absolute Gasteiger partial charge is 0.299 e. The molecule has 0 aromatic heterocycles. The van der Waals surface area contributed by atoms with Gasteiger partial charge in [-0.25, -0.2) is 19.4 Å². The molecule has 0 saturated heterocycles. The molecule has 0 amide bonds. The predicted octanol–water partition coefficient (Wildman–Crippen LogP) is 7.26. The van der Waals surface area contributed by atoms with E-state index in [2.05, 4.69) is 15.0 Å². The molecule has 0 saturated carbocycles. The van der Waals surface area contributed by atoms with E-state index in [1.165, 1.54) is 12.2 Å². The van der Waals surface area contributed by atoms with Gasteiger partial charge in [0.2, 0.25) is 18.2 Å². The van der Waals surface area contributed by atoms with Crippen molar-refractivity contribution in [2.24, 2.45) is 32.2 Å². The molecule has 0 aliphatic carbocycles. The maximum atomic E-state index is 12.1. The number of carbonyl (C=O) groups is 3. The van der Waals surface area contributed by atoms with Crippen LogP contribution in [0.5, 0.6) is 0 Å². The Kier molecular flexibility index (Phi) is 19.9. The second kappa shape index (κ2) is 23.2. The maximum Gasteiger partial charge on any atom is 0.235 e. The van der Waals surface area contributed by atoms with Crippen LogP contribution in [0.3, 0.4) is 0 Å². The number of aliphatic imine (C=N–C) groups is 3. The molecule has 0 aliphatic heterocycles. The van der Waals surface area contributed by atoms with Crippen LogP contribution in [0.4, 0.5) is 0 Å². The van der Waals surface area contributed by atoms with Crippen molar-refractivity contribution in [1.29, 1.82) is 0 Å². The van der Waals surface area contributed by atoms with Gasteiger partial charge < -0.3 is 0 Å². The summed E-state index contributed by atoms with van der Waals surface area (Å²) in [5, 5.41) is 0. The number of rotatable bonds is 15. The van der Waals surface area contributed by atoms with Gasteiger partial charge in [-0.3, -0.25) is 14.4 Å². The molecule has 9 nitrogen and oxygen atoms in total. The van der Waals surface area contributed by atoms with Crippen LogP contribution in [0.15, 0.2) is 106 Å². The molecular weight excluding hydrogens is 630 g/mol. The van der Waals surface area contributed by atoms with Crippen LogP contribution < -0.4 is 0 Å². The minimum atomic E-state index is -0.625. The van der Waals surface area contributed by atoms with Gasteiger partial charge in [0.1, 0.15) is 17.9 Å². The quantitative estimate of drug-likeness (QED) is 0.122. The summed E-state index contributed by atoms with van der Waals surface area (Å²) in [6, 6.07) is 27.0. The number of isocyanates is 3. The van der Waals surface area contributed by atoms with Crippen molar-refractivity contribution in [1.82, 2.24) is 0 Å². The van der Waals surface area contributed by atoms with E-state index in [-0.39, 0.29) is 40.6 Å². The summed E-state index contributed by atoms with van der Waals surface area (Å²) in [5.74, 6) is 0.222. The Morgan fingerprint density at radius 2 is 0.960 bits per heavy atom. The predicted molar refractivity (Wildman–Crippen MR) is 195 cm³/mol. The third-order valence-corrected chi connectivity index (χ3v) is 7.57. The molecule has 3 aromatic rings. The number of hydrogen-bond donors (Lipinski definition) is 0. The van der Waals surface area contributed by atoms with Crippen LogP contribution in [0.1, 0.15) is 71.6 Å². The minimum absolute atomic E-state index is 0.0256. The molecule has 0 radical (unpaired) electrons. The Morgan fingerprint density at radius 3 is 1.32 bits per heavy atom. The number of Topliss-reactive ketones (excluding diaryl/α,β-unsaturated/α-hetero) is 3. The van der Waals surface area contributed by atoms with Crippen LogP contribution in [0.2, 0.25) is 0 Å². The van der Waals surface area contributed by atoms with E-state index in [0.717, 1.165) is 16.7 Å². The maximum absolute atomic E-state index is 12.1. The Morgan fingerprint density at radius 1 is 0.560 bits per heavy atom. The second-order valence-corrected chi connectivity index (χ2v) is 13.6. The summed E-state index contributed by atoms with van der Waals surface area (Å²) in [7, 11) is 0. The highest BCUT2D eigenvalue weighted by atomic mass is 16.1. The number of carbonyl (C=O) groups excluding carboxylic acids is 6. The van der Waals surface area contributed by atoms with Crippen LogP contribution in [-0.2, 0) is 48.0 Å². The Labute approximate surface area is 296 Å². The lowest BCUT2D eigenvalue weighted by atomic mass is 9.83. The fourth-order valence-electron chi connectivity index (χ4n) is 4.87. The van der Waals surface area contributed by atoms with Gasteiger partial charge in [-0.2, -0.15) is 9.98 Å². The Bertz CT molecular complexity index is 1610. The first-order chi connectivity index (χ1) is 23.7. The molecule has 0 bridgehead atoms. The zero-order valence-electron chi connectivity index (χ0n) is 30.2. The average Bonchev–Trinajstić information content (AvgIpc) is 3.07. The second-order valence-electron chi connectivity index (χ2n) is 13.6. The molecule has 0 heterocycles. The van der Waals surface area contributed by atoms with E-state index >= 15 is 0 Å². The zero-order chi connectivity index (χ0) is 37.5. The third-order valence-electron chi connectivity index (χ3n) is 7.57. The van der Waals surface area contributed by atoms with Gasteiger partial charge in [0.15, 0.2) is 11.6 Å². The molecular formula is C41H49N3O6. The van der Waals surface area contributed by atoms with Crippen molar-refractivity contribution in [2.75, 3.05) is 0 Å². The zero-order valence-corrected chi connectivity index (χ0v) is 30.2. The van der Waals surface area contributed by atoms with Gasteiger partial charge in [0.05, 0.1) is 6.04 Å². The summed E-state index contributed by atoms with van der Waals surface area (Å²) in [6.45, 7) is 13.3. The van der Waals surface area contributed by atoms with Crippen LogP contribution >= 0.6 is 0 Å². The van der Waals surface area contributed by atoms with E-state index in [0.29, 0.717) is 25.7 Å². The topological polar surface area (TPSA) is 140 Å². The van der Waals surface area contributed by atoms with Gasteiger partial charge in [-0.15, -0.1) is 0 Å². The fourth-order valence-corrected chi connectivity index (χ4v) is 4.87. The fraction of sp³-hybridized carbons (Fsp3) is 0.415. The highest BCUT2D eigenvalue weighted by molar-refractivity contribution is 5.88. The molecule has 0 N–H and O–H groups in total. The molecule has 3 rings (SSSR count). The van der Waals surface area contributed by atoms with Gasteiger partial charge in [0.25, 0.3) is 0 Å². The van der Waals surface area contributed by atoms with E-state index in [1.807, 2.05) is 139 Å². The highest BCUT2D eigenvalue weighted by Gasteiger charge is 2.30. The molecule has 50 heavy (non-hydrogen) atoms. The van der Waals surface area contributed by atoms with Crippen molar-refractivity contribution >= 4 is 35.6 Å². The van der Waals surface area contributed by atoms with E-state index in [4.69, 9.17) is 0 Å². The van der Waals surface area contributed by atoms with E-state index < -0.39 is 12.1 Å². The van der Waals surface area contributed by atoms with E-state index in [9.17, 15) is 28.8 Å². The number of nitrogens with zero attached hydrogens (tertiary/aromatic N) is 3. The molecule has 3 atom stereocenters. The van der Waals surface area contributed by atoms with Crippen molar-refractivity contribution < 1.29 is 28.8 Å².